The van der Waals surface area contributed by atoms with Gasteiger partial charge in [0.15, 0.2) is 0 Å². The van der Waals surface area contributed by atoms with Crippen LogP contribution >= 0.6 is 0 Å². The van der Waals surface area contributed by atoms with Crippen LogP contribution in [0.3, 0.4) is 0 Å². The Kier molecular flexibility index (Phi) is 7.21. The van der Waals surface area contributed by atoms with Gasteiger partial charge in [0.2, 0.25) is 0 Å². The maximum Gasteiger partial charge on any atom is 0.410 e. The Labute approximate surface area is 212 Å². The van der Waals surface area contributed by atoms with E-state index in [4.69, 9.17) is 9.47 Å². The number of aromatic nitrogens is 1. The Bertz CT molecular complexity index is 1170. The zero-order valence-electron chi connectivity index (χ0n) is 20.9. The summed E-state index contributed by atoms with van der Waals surface area (Å²) < 4.78 is 11.9. The molecular formula is C29H36N2O5. The fraction of sp³-hybridized carbons (Fsp3) is 0.483. The minimum Gasteiger partial charge on any atom is -0.493 e. The van der Waals surface area contributed by atoms with Gasteiger partial charge >= 0.3 is 6.09 Å². The first-order chi connectivity index (χ1) is 17.6. The molecule has 2 aromatic carbocycles. The largest absolute Gasteiger partial charge is 0.493 e. The zero-order chi connectivity index (χ0) is 25.1. The summed E-state index contributed by atoms with van der Waals surface area (Å²) in [5.74, 6) is 0.659. The summed E-state index contributed by atoms with van der Waals surface area (Å²) in [6, 6.07) is 15.8. The van der Waals surface area contributed by atoms with Gasteiger partial charge in [-0.3, -0.25) is 4.90 Å². The Hall–Kier alpha value is -3.03. The molecule has 5 rings (SSSR count). The van der Waals surface area contributed by atoms with Crippen molar-refractivity contribution in [2.24, 2.45) is 5.41 Å². The molecule has 0 radical (unpaired) electrons. The van der Waals surface area contributed by atoms with Crippen molar-refractivity contribution in [2.45, 2.75) is 57.6 Å². The number of carbonyl (C=O) groups is 1. The lowest BCUT2D eigenvalue weighted by molar-refractivity contribution is 0.0114. The average Bonchev–Trinajstić information content (AvgIpc) is 3.57. The summed E-state index contributed by atoms with van der Waals surface area (Å²) in [5, 5.41) is 20.6. The van der Waals surface area contributed by atoms with Crippen LogP contribution in [-0.2, 0) is 11.2 Å². The minimum atomic E-state index is -0.665. The number of hydrogen-bond donors (Lipinski definition) is 3. The molecule has 1 aromatic heterocycles. The van der Waals surface area contributed by atoms with Gasteiger partial charge in [-0.25, -0.2) is 4.79 Å². The molecule has 3 N–H and O–H groups in total. The molecule has 1 amide bonds. The van der Waals surface area contributed by atoms with Crippen molar-refractivity contribution in [1.29, 1.82) is 0 Å². The second-order valence-corrected chi connectivity index (χ2v) is 10.2. The molecule has 192 valence electrons. The van der Waals surface area contributed by atoms with Gasteiger partial charge < -0.3 is 24.7 Å². The SMILES string of the molecule is CCC(CO)(CO)COc1ccc([C@H]2c3[nH]c4ccccc4c3CCN2C(=O)OC2CCCC2)cc1. The van der Waals surface area contributed by atoms with Crippen LogP contribution in [0.4, 0.5) is 4.79 Å². The number of carbonyl (C=O) groups excluding carboxylic acids is 1. The van der Waals surface area contributed by atoms with E-state index < -0.39 is 5.41 Å². The molecule has 1 fully saturated rings. The summed E-state index contributed by atoms with van der Waals surface area (Å²) in [6.07, 6.45) is 5.25. The predicted molar refractivity (Wildman–Crippen MR) is 138 cm³/mol. The van der Waals surface area contributed by atoms with Crippen molar-refractivity contribution in [3.05, 3.63) is 65.4 Å². The number of benzene rings is 2. The summed E-state index contributed by atoms with van der Waals surface area (Å²) in [5.41, 5.74) is 3.67. The number of hydrogen-bond acceptors (Lipinski definition) is 5. The molecule has 0 spiro atoms. The predicted octanol–water partition coefficient (Wildman–Crippen LogP) is 4.95. The van der Waals surface area contributed by atoms with Crippen molar-refractivity contribution in [1.82, 2.24) is 9.88 Å². The van der Waals surface area contributed by atoms with Gasteiger partial charge in [-0.05, 0) is 67.9 Å². The van der Waals surface area contributed by atoms with Crippen LogP contribution in [0, 0.1) is 5.41 Å². The minimum absolute atomic E-state index is 0.00918. The van der Waals surface area contributed by atoms with Crippen molar-refractivity contribution in [2.75, 3.05) is 26.4 Å². The van der Waals surface area contributed by atoms with Crippen molar-refractivity contribution >= 4 is 17.0 Å². The molecule has 1 aliphatic heterocycles. The summed E-state index contributed by atoms with van der Waals surface area (Å²) >= 11 is 0. The van der Waals surface area contributed by atoms with Crippen molar-refractivity contribution in [3.63, 3.8) is 0 Å². The van der Waals surface area contributed by atoms with Gasteiger partial charge in [0, 0.05) is 23.1 Å². The van der Waals surface area contributed by atoms with Crippen LogP contribution in [0.25, 0.3) is 10.9 Å². The summed E-state index contributed by atoms with van der Waals surface area (Å²) in [4.78, 5) is 18.8. The van der Waals surface area contributed by atoms with Gasteiger partial charge in [-0.2, -0.15) is 0 Å². The van der Waals surface area contributed by atoms with E-state index >= 15 is 0 Å². The smallest absolute Gasteiger partial charge is 0.410 e. The first kappa shape index (κ1) is 24.7. The number of aromatic amines is 1. The van der Waals surface area contributed by atoms with E-state index in [0.29, 0.717) is 18.7 Å². The lowest BCUT2D eigenvalue weighted by Crippen LogP contribution is -2.42. The lowest BCUT2D eigenvalue weighted by Gasteiger charge is -2.36. The van der Waals surface area contributed by atoms with Gasteiger partial charge in [0.1, 0.15) is 17.9 Å². The normalized spacial score (nSPS) is 18.4. The van der Waals surface area contributed by atoms with E-state index in [1.54, 1.807) is 0 Å². The van der Waals surface area contributed by atoms with E-state index in [1.165, 1.54) is 10.9 Å². The van der Waals surface area contributed by atoms with Crippen LogP contribution in [0.5, 0.6) is 5.75 Å². The van der Waals surface area contributed by atoms with Gasteiger partial charge in [0.25, 0.3) is 0 Å². The van der Waals surface area contributed by atoms with Crippen LogP contribution in [-0.4, -0.2) is 58.7 Å². The first-order valence-corrected chi connectivity index (χ1v) is 13.1. The number of rotatable bonds is 8. The summed E-state index contributed by atoms with van der Waals surface area (Å²) in [6.45, 7) is 2.47. The fourth-order valence-corrected chi connectivity index (χ4v) is 5.45. The monoisotopic (exact) mass is 492 g/mol. The molecule has 0 saturated heterocycles. The zero-order valence-corrected chi connectivity index (χ0v) is 20.9. The third-order valence-electron chi connectivity index (χ3n) is 8.00. The lowest BCUT2D eigenvalue weighted by atomic mass is 9.88. The van der Waals surface area contributed by atoms with Gasteiger partial charge in [-0.1, -0.05) is 37.3 Å². The molecule has 7 heteroatoms. The maximum absolute atomic E-state index is 13.4. The van der Waals surface area contributed by atoms with Crippen LogP contribution < -0.4 is 4.74 Å². The van der Waals surface area contributed by atoms with E-state index in [9.17, 15) is 15.0 Å². The third-order valence-corrected chi connectivity index (χ3v) is 8.00. The highest BCUT2D eigenvalue weighted by Gasteiger charge is 2.36. The van der Waals surface area contributed by atoms with Crippen LogP contribution in [0.15, 0.2) is 48.5 Å². The second-order valence-electron chi connectivity index (χ2n) is 10.2. The molecule has 2 heterocycles. The van der Waals surface area contributed by atoms with Crippen molar-refractivity contribution in [3.8, 4) is 5.75 Å². The molecule has 2 aliphatic rings. The Balaban J connectivity index is 1.44. The fourth-order valence-electron chi connectivity index (χ4n) is 5.45. The highest BCUT2D eigenvalue weighted by Crippen LogP contribution is 2.39. The van der Waals surface area contributed by atoms with Gasteiger partial charge in [0.05, 0.1) is 25.2 Å². The topological polar surface area (TPSA) is 95.0 Å². The Morgan fingerprint density at radius 3 is 2.50 bits per heavy atom. The highest BCUT2D eigenvalue weighted by atomic mass is 16.6. The third kappa shape index (κ3) is 4.70. The number of nitrogens with zero attached hydrogens (tertiary/aromatic N) is 1. The molecule has 36 heavy (non-hydrogen) atoms. The number of aliphatic hydroxyl groups is 2. The standard InChI is InChI=1S/C29H36N2O5/c1-2-29(17-32,18-33)19-35-21-13-11-20(12-14-21)27-26-24(23-9-5-6-10-25(23)30-26)15-16-31(27)28(34)36-22-7-3-4-8-22/h5-6,9-14,22,27,30,32-33H,2-4,7-8,15-19H2,1H3/t27-/m0/s1. The molecule has 0 bridgehead atoms. The number of para-hydroxylation sites is 1. The number of H-pyrrole nitrogens is 1. The average molecular weight is 493 g/mol. The van der Waals surface area contributed by atoms with E-state index in [1.807, 2.05) is 48.2 Å². The number of fused-ring (bicyclic) bond motifs is 3. The second kappa shape index (κ2) is 10.5. The molecule has 1 saturated carbocycles. The molecule has 1 atom stereocenters. The van der Waals surface area contributed by atoms with E-state index in [-0.39, 0.29) is 38.1 Å². The molecule has 3 aromatic rings. The number of amides is 1. The maximum atomic E-state index is 13.4. The highest BCUT2D eigenvalue weighted by molar-refractivity contribution is 5.86. The molecular weight excluding hydrogens is 456 g/mol. The molecule has 7 nitrogen and oxygen atoms in total. The molecule has 0 unspecified atom stereocenters. The quantitative estimate of drug-likeness (QED) is 0.413. The Morgan fingerprint density at radius 1 is 1.08 bits per heavy atom. The first-order valence-electron chi connectivity index (χ1n) is 13.1. The number of ether oxygens (including phenoxy) is 2. The van der Waals surface area contributed by atoms with Crippen LogP contribution in [0.2, 0.25) is 0 Å². The molecule has 1 aliphatic carbocycles. The summed E-state index contributed by atoms with van der Waals surface area (Å²) in [7, 11) is 0. The van der Waals surface area contributed by atoms with Crippen LogP contribution in [0.1, 0.15) is 61.9 Å². The van der Waals surface area contributed by atoms with Crippen molar-refractivity contribution < 1.29 is 24.5 Å². The van der Waals surface area contributed by atoms with Gasteiger partial charge in [-0.15, -0.1) is 0 Å². The van der Waals surface area contributed by atoms with E-state index in [0.717, 1.165) is 48.9 Å². The number of aliphatic hydroxyl groups excluding tert-OH is 2. The Morgan fingerprint density at radius 2 is 1.81 bits per heavy atom. The number of nitrogens with one attached hydrogen (secondary N) is 1. The van der Waals surface area contributed by atoms with E-state index in [2.05, 4.69) is 17.1 Å².